The Hall–Kier alpha value is -2.80. The van der Waals surface area contributed by atoms with Crippen molar-refractivity contribution >= 4 is 57.8 Å². The van der Waals surface area contributed by atoms with Gasteiger partial charge >= 0.3 is 0 Å². The molecule has 1 aliphatic rings. The number of carbonyl (C=O) groups is 1. The number of halogens is 3. The van der Waals surface area contributed by atoms with Gasteiger partial charge in [-0.05, 0) is 65.4 Å². The fourth-order valence-electron chi connectivity index (χ4n) is 2.79. The van der Waals surface area contributed by atoms with Crippen molar-refractivity contribution in [2.75, 3.05) is 0 Å². The van der Waals surface area contributed by atoms with E-state index in [0.29, 0.717) is 31.4 Å². The number of hydrogen-bond donors (Lipinski definition) is 1. The fourth-order valence-corrected chi connectivity index (χ4v) is 4.24. The van der Waals surface area contributed by atoms with Crippen LogP contribution in [0.2, 0.25) is 10.0 Å². The van der Waals surface area contributed by atoms with Gasteiger partial charge in [-0.25, -0.2) is 9.38 Å². The summed E-state index contributed by atoms with van der Waals surface area (Å²) in [6.45, 7) is 0.192. The second kappa shape index (κ2) is 9.56. The summed E-state index contributed by atoms with van der Waals surface area (Å²) < 4.78 is 18.7. The van der Waals surface area contributed by atoms with Gasteiger partial charge in [-0.2, -0.15) is 0 Å². The van der Waals surface area contributed by atoms with Crippen LogP contribution in [-0.4, -0.2) is 11.1 Å². The molecular formula is C23H15Cl2FN2O2S. The lowest BCUT2D eigenvalue weighted by atomic mass is 10.2. The summed E-state index contributed by atoms with van der Waals surface area (Å²) in [6, 6.07) is 18.7. The van der Waals surface area contributed by atoms with Gasteiger partial charge in [0.15, 0.2) is 10.9 Å². The molecule has 0 saturated carbocycles. The molecule has 0 aliphatic carbocycles. The molecule has 156 valence electrons. The van der Waals surface area contributed by atoms with E-state index in [4.69, 9.17) is 27.9 Å². The van der Waals surface area contributed by atoms with E-state index in [1.807, 2.05) is 30.3 Å². The van der Waals surface area contributed by atoms with Crippen molar-refractivity contribution in [2.45, 2.75) is 6.61 Å². The summed E-state index contributed by atoms with van der Waals surface area (Å²) in [7, 11) is 0. The molecule has 1 saturated heterocycles. The van der Waals surface area contributed by atoms with Gasteiger partial charge in [0.1, 0.15) is 12.4 Å². The zero-order valence-corrected chi connectivity index (χ0v) is 18.3. The first kappa shape index (κ1) is 21.4. The molecule has 1 fully saturated rings. The Morgan fingerprint density at radius 3 is 2.39 bits per heavy atom. The number of para-hydroxylation sites is 1. The number of carbonyl (C=O) groups excluding carboxylic acids is 1. The van der Waals surface area contributed by atoms with Gasteiger partial charge in [0, 0.05) is 0 Å². The molecule has 0 spiro atoms. The Balaban J connectivity index is 1.50. The number of nitrogens with one attached hydrogen (secondary N) is 1. The van der Waals surface area contributed by atoms with E-state index < -0.39 is 0 Å². The van der Waals surface area contributed by atoms with Crippen molar-refractivity contribution in [1.29, 1.82) is 0 Å². The lowest BCUT2D eigenvalue weighted by molar-refractivity contribution is -0.115. The first-order valence-electron chi connectivity index (χ1n) is 9.19. The van der Waals surface area contributed by atoms with Crippen LogP contribution in [0.15, 0.2) is 76.6 Å². The minimum Gasteiger partial charge on any atom is -0.486 e. The normalized spacial score (nSPS) is 16.0. The molecule has 0 unspecified atom stereocenters. The number of benzene rings is 3. The maximum absolute atomic E-state index is 13.0. The minimum absolute atomic E-state index is 0.192. The van der Waals surface area contributed by atoms with Gasteiger partial charge in [-0.3, -0.25) is 4.79 Å². The Morgan fingerprint density at radius 1 is 1.03 bits per heavy atom. The number of ether oxygens (including phenoxy) is 1. The van der Waals surface area contributed by atoms with E-state index in [1.54, 1.807) is 30.3 Å². The molecule has 3 aromatic rings. The van der Waals surface area contributed by atoms with Gasteiger partial charge < -0.3 is 10.1 Å². The highest BCUT2D eigenvalue weighted by atomic mass is 35.5. The number of hydrogen-bond acceptors (Lipinski definition) is 4. The van der Waals surface area contributed by atoms with Crippen LogP contribution < -0.4 is 10.1 Å². The molecule has 4 rings (SSSR count). The molecule has 0 aromatic heterocycles. The van der Waals surface area contributed by atoms with E-state index in [2.05, 4.69) is 10.3 Å². The summed E-state index contributed by atoms with van der Waals surface area (Å²) in [5, 5.41) is 3.86. The van der Waals surface area contributed by atoms with Crippen LogP contribution in [0.3, 0.4) is 0 Å². The third-order valence-corrected chi connectivity index (χ3v) is 5.72. The molecule has 1 heterocycles. The van der Waals surface area contributed by atoms with Crippen molar-refractivity contribution in [2.24, 2.45) is 4.99 Å². The molecule has 1 aliphatic heterocycles. The quantitative estimate of drug-likeness (QED) is 0.425. The van der Waals surface area contributed by atoms with Crippen molar-refractivity contribution in [3.63, 3.8) is 0 Å². The summed E-state index contributed by atoms with van der Waals surface area (Å²) in [6.07, 6.45) is 1.69. The molecule has 4 nitrogen and oxygen atoms in total. The minimum atomic E-state index is -0.317. The number of amides is 1. The SMILES string of the molecule is O=C1NC(=Nc2ccccc2)S/C1=C\c1cc(Cl)c(OCc2ccc(F)cc2)c(Cl)c1. The number of aliphatic imine (C=N–C) groups is 1. The van der Waals surface area contributed by atoms with Gasteiger partial charge in [-0.15, -0.1) is 0 Å². The maximum atomic E-state index is 13.0. The van der Waals surface area contributed by atoms with Gasteiger partial charge in [0.25, 0.3) is 5.91 Å². The van der Waals surface area contributed by atoms with Crippen LogP contribution in [0, 0.1) is 5.82 Å². The molecule has 1 amide bonds. The van der Waals surface area contributed by atoms with Crippen molar-refractivity contribution in [3.05, 3.63) is 98.6 Å². The largest absolute Gasteiger partial charge is 0.486 e. The Kier molecular flexibility index (Phi) is 6.61. The number of thioether (sulfide) groups is 1. The molecule has 1 N–H and O–H groups in total. The summed E-state index contributed by atoms with van der Waals surface area (Å²) >= 11 is 13.9. The zero-order valence-electron chi connectivity index (χ0n) is 15.9. The van der Waals surface area contributed by atoms with Gasteiger partial charge in [0.05, 0.1) is 20.6 Å². The van der Waals surface area contributed by atoms with E-state index in [-0.39, 0.29) is 18.3 Å². The number of nitrogens with zero attached hydrogens (tertiary/aromatic N) is 1. The molecule has 8 heteroatoms. The third-order valence-electron chi connectivity index (χ3n) is 4.25. The van der Waals surface area contributed by atoms with Gasteiger partial charge in [-0.1, -0.05) is 53.5 Å². The predicted octanol–water partition coefficient (Wildman–Crippen LogP) is 6.60. The second-order valence-corrected chi connectivity index (χ2v) is 8.39. The predicted molar refractivity (Wildman–Crippen MR) is 124 cm³/mol. The Morgan fingerprint density at radius 2 is 1.71 bits per heavy atom. The molecule has 0 radical (unpaired) electrons. The molecule has 0 bridgehead atoms. The Bertz CT molecular complexity index is 1160. The molecular weight excluding hydrogens is 458 g/mol. The van der Waals surface area contributed by atoms with E-state index >= 15 is 0 Å². The highest BCUT2D eigenvalue weighted by Crippen LogP contribution is 2.36. The second-order valence-electron chi connectivity index (χ2n) is 6.55. The van der Waals surface area contributed by atoms with E-state index in [9.17, 15) is 9.18 Å². The van der Waals surface area contributed by atoms with Crippen LogP contribution in [-0.2, 0) is 11.4 Å². The summed E-state index contributed by atoms with van der Waals surface area (Å²) in [5.41, 5.74) is 2.19. The van der Waals surface area contributed by atoms with Crippen LogP contribution >= 0.6 is 35.0 Å². The first-order chi connectivity index (χ1) is 15.0. The molecule has 3 aromatic carbocycles. The van der Waals surface area contributed by atoms with Crippen molar-refractivity contribution in [1.82, 2.24) is 5.32 Å². The fraction of sp³-hybridized carbons (Fsp3) is 0.0435. The third kappa shape index (κ3) is 5.47. The highest BCUT2D eigenvalue weighted by Gasteiger charge is 2.24. The van der Waals surface area contributed by atoms with Crippen LogP contribution in [0.25, 0.3) is 6.08 Å². The number of rotatable bonds is 5. The first-order valence-corrected chi connectivity index (χ1v) is 10.8. The van der Waals surface area contributed by atoms with Crippen LogP contribution in [0.4, 0.5) is 10.1 Å². The molecule has 0 atom stereocenters. The standard InChI is InChI=1S/C23H15Cl2FN2O2S/c24-18-10-15(11-19(25)21(18)30-13-14-6-8-16(26)9-7-14)12-20-22(29)28-23(31-20)27-17-4-2-1-3-5-17/h1-12H,13H2,(H,27,28,29)/b20-12-. The van der Waals surface area contributed by atoms with Gasteiger partial charge in [0.2, 0.25) is 0 Å². The average Bonchev–Trinajstić information content (AvgIpc) is 3.08. The van der Waals surface area contributed by atoms with Crippen LogP contribution in [0.1, 0.15) is 11.1 Å². The lowest BCUT2D eigenvalue weighted by Gasteiger charge is -2.11. The smallest absolute Gasteiger partial charge is 0.264 e. The molecule has 31 heavy (non-hydrogen) atoms. The number of amidine groups is 1. The summed E-state index contributed by atoms with van der Waals surface area (Å²) in [4.78, 5) is 17.2. The maximum Gasteiger partial charge on any atom is 0.264 e. The average molecular weight is 473 g/mol. The van der Waals surface area contributed by atoms with E-state index in [0.717, 1.165) is 11.3 Å². The van der Waals surface area contributed by atoms with Crippen LogP contribution in [0.5, 0.6) is 5.75 Å². The lowest BCUT2D eigenvalue weighted by Crippen LogP contribution is -2.19. The zero-order chi connectivity index (χ0) is 21.8. The highest BCUT2D eigenvalue weighted by molar-refractivity contribution is 8.18. The van der Waals surface area contributed by atoms with Crippen molar-refractivity contribution in [3.8, 4) is 5.75 Å². The Labute approximate surface area is 192 Å². The topological polar surface area (TPSA) is 50.7 Å². The van der Waals surface area contributed by atoms with Crippen molar-refractivity contribution < 1.29 is 13.9 Å². The summed E-state index contributed by atoms with van der Waals surface area (Å²) in [5.74, 6) is -0.240. The van der Waals surface area contributed by atoms with E-state index in [1.165, 1.54) is 23.9 Å². The monoisotopic (exact) mass is 472 g/mol.